The van der Waals surface area contributed by atoms with Crippen LogP contribution < -0.4 is 0 Å². The molecular formula is C11H15N3OS. The zero-order chi connectivity index (χ0) is 11.4. The van der Waals surface area contributed by atoms with Gasteiger partial charge in [-0.2, -0.15) is 0 Å². The molecule has 86 valence electrons. The van der Waals surface area contributed by atoms with Crippen LogP contribution >= 0.6 is 11.3 Å². The summed E-state index contributed by atoms with van der Waals surface area (Å²) in [4.78, 5) is 1.29. The van der Waals surface area contributed by atoms with Crippen molar-refractivity contribution in [3.8, 4) is 0 Å². The zero-order valence-electron chi connectivity index (χ0n) is 9.21. The molecule has 0 saturated carbocycles. The standard InChI is InChI=1S/C11H15N3OS/c1-2-4-9(10-5-3-6-16-10)14-8-12-13-11(14)7-15/h3,5-6,8-9,15H,2,4,7H2,1H3. The predicted molar refractivity (Wildman–Crippen MR) is 63.3 cm³/mol. The minimum Gasteiger partial charge on any atom is -0.388 e. The van der Waals surface area contributed by atoms with Crippen molar-refractivity contribution >= 4 is 11.3 Å². The van der Waals surface area contributed by atoms with E-state index in [0.717, 1.165) is 12.8 Å². The normalized spacial score (nSPS) is 12.9. The second-order valence-electron chi connectivity index (χ2n) is 3.63. The highest BCUT2D eigenvalue weighted by Gasteiger charge is 2.17. The number of hydrogen-bond acceptors (Lipinski definition) is 4. The van der Waals surface area contributed by atoms with Gasteiger partial charge in [-0.05, 0) is 17.9 Å². The fourth-order valence-electron chi connectivity index (χ4n) is 1.81. The fraction of sp³-hybridized carbons (Fsp3) is 0.455. The first kappa shape index (κ1) is 11.3. The first-order chi connectivity index (χ1) is 7.86. The van der Waals surface area contributed by atoms with Crippen molar-refractivity contribution in [2.45, 2.75) is 32.4 Å². The molecule has 0 aliphatic rings. The second kappa shape index (κ2) is 5.23. The lowest BCUT2D eigenvalue weighted by Gasteiger charge is -2.17. The van der Waals surface area contributed by atoms with Crippen LogP contribution in [0.15, 0.2) is 23.8 Å². The fourth-order valence-corrected chi connectivity index (χ4v) is 2.67. The van der Waals surface area contributed by atoms with Gasteiger partial charge in [-0.25, -0.2) is 0 Å². The van der Waals surface area contributed by atoms with E-state index in [1.165, 1.54) is 4.88 Å². The third-order valence-corrected chi connectivity index (χ3v) is 3.53. The summed E-state index contributed by atoms with van der Waals surface area (Å²) in [5.41, 5.74) is 0. The molecule has 2 aromatic heterocycles. The van der Waals surface area contributed by atoms with Crippen LogP contribution in [0.4, 0.5) is 0 Å². The number of nitrogens with zero attached hydrogens (tertiary/aromatic N) is 3. The second-order valence-corrected chi connectivity index (χ2v) is 4.61. The molecule has 0 fully saturated rings. The summed E-state index contributed by atoms with van der Waals surface area (Å²) in [7, 11) is 0. The van der Waals surface area contributed by atoms with Gasteiger partial charge < -0.3 is 9.67 Å². The highest BCUT2D eigenvalue weighted by molar-refractivity contribution is 7.10. The maximum absolute atomic E-state index is 9.20. The molecule has 2 aromatic rings. The van der Waals surface area contributed by atoms with Crippen LogP contribution in [0.2, 0.25) is 0 Å². The topological polar surface area (TPSA) is 50.9 Å². The first-order valence-corrected chi connectivity index (χ1v) is 6.27. The van der Waals surface area contributed by atoms with Gasteiger partial charge in [0.25, 0.3) is 0 Å². The molecule has 5 heteroatoms. The Kier molecular flexibility index (Phi) is 3.69. The minimum absolute atomic E-state index is 0.0639. The number of rotatable bonds is 5. The molecule has 0 aliphatic heterocycles. The van der Waals surface area contributed by atoms with Gasteiger partial charge in [-0.1, -0.05) is 19.4 Å². The maximum atomic E-state index is 9.20. The Morgan fingerprint density at radius 2 is 2.44 bits per heavy atom. The summed E-state index contributed by atoms with van der Waals surface area (Å²) in [5, 5.41) is 19.1. The highest BCUT2D eigenvalue weighted by Crippen LogP contribution is 2.27. The molecule has 1 N–H and O–H groups in total. The Morgan fingerprint density at radius 1 is 1.56 bits per heavy atom. The molecule has 0 saturated heterocycles. The molecule has 2 heterocycles. The van der Waals surface area contributed by atoms with Crippen LogP contribution in [-0.2, 0) is 6.61 Å². The van der Waals surface area contributed by atoms with Gasteiger partial charge in [0.1, 0.15) is 12.9 Å². The third-order valence-electron chi connectivity index (χ3n) is 2.56. The lowest BCUT2D eigenvalue weighted by Crippen LogP contribution is -2.12. The summed E-state index contributed by atoms with van der Waals surface area (Å²) >= 11 is 1.73. The van der Waals surface area contributed by atoms with Crippen molar-refractivity contribution < 1.29 is 5.11 Å². The van der Waals surface area contributed by atoms with E-state index in [4.69, 9.17) is 0 Å². The zero-order valence-corrected chi connectivity index (χ0v) is 10.0. The quantitative estimate of drug-likeness (QED) is 0.867. The van der Waals surface area contributed by atoms with Gasteiger partial charge in [0.2, 0.25) is 0 Å². The molecule has 0 bridgehead atoms. The molecule has 16 heavy (non-hydrogen) atoms. The van der Waals surface area contributed by atoms with E-state index in [-0.39, 0.29) is 12.6 Å². The van der Waals surface area contributed by atoms with Crippen LogP contribution in [0.1, 0.15) is 36.5 Å². The van der Waals surface area contributed by atoms with Gasteiger partial charge in [0, 0.05) is 4.88 Å². The van der Waals surface area contributed by atoms with Crippen molar-refractivity contribution in [2.24, 2.45) is 0 Å². The average Bonchev–Trinajstić information content (AvgIpc) is 2.96. The summed E-state index contributed by atoms with van der Waals surface area (Å²) in [6, 6.07) is 4.42. The number of aliphatic hydroxyl groups is 1. The molecule has 0 aromatic carbocycles. The van der Waals surface area contributed by atoms with Gasteiger partial charge in [-0.15, -0.1) is 21.5 Å². The molecular weight excluding hydrogens is 222 g/mol. The van der Waals surface area contributed by atoms with E-state index in [0.29, 0.717) is 5.82 Å². The molecule has 0 amide bonds. The van der Waals surface area contributed by atoms with E-state index >= 15 is 0 Å². The van der Waals surface area contributed by atoms with E-state index < -0.39 is 0 Å². The molecule has 0 spiro atoms. The Bertz CT molecular complexity index is 424. The molecule has 1 atom stereocenters. The molecule has 1 unspecified atom stereocenters. The van der Waals surface area contributed by atoms with E-state index in [2.05, 4.69) is 28.6 Å². The SMILES string of the molecule is CCCC(c1cccs1)n1cnnc1CO. The average molecular weight is 237 g/mol. The van der Waals surface area contributed by atoms with Crippen LogP contribution in [-0.4, -0.2) is 19.9 Å². The van der Waals surface area contributed by atoms with Crippen molar-refractivity contribution in [1.82, 2.24) is 14.8 Å². The highest BCUT2D eigenvalue weighted by atomic mass is 32.1. The third kappa shape index (κ3) is 2.15. The van der Waals surface area contributed by atoms with Crippen LogP contribution in [0.5, 0.6) is 0 Å². The molecule has 4 nitrogen and oxygen atoms in total. The van der Waals surface area contributed by atoms with E-state index in [1.807, 2.05) is 10.6 Å². The summed E-state index contributed by atoms with van der Waals surface area (Å²) in [5.74, 6) is 0.631. The van der Waals surface area contributed by atoms with E-state index in [1.54, 1.807) is 17.7 Å². The number of thiophene rings is 1. The molecule has 0 aliphatic carbocycles. The summed E-state index contributed by atoms with van der Waals surface area (Å²) in [6.07, 6.45) is 3.82. The van der Waals surface area contributed by atoms with Gasteiger partial charge in [-0.3, -0.25) is 0 Å². The van der Waals surface area contributed by atoms with Crippen LogP contribution in [0, 0.1) is 0 Å². The molecule has 2 rings (SSSR count). The summed E-state index contributed by atoms with van der Waals surface area (Å²) in [6.45, 7) is 2.09. The lowest BCUT2D eigenvalue weighted by molar-refractivity contribution is 0.261. The monoisotopic (exact) mass is 237 g/mol. The maximum Gasteiger partial charge on any atom is 0.159 e. The van der Waals surface area contributed by atoms with Crippen molar-refractivity contribution in [2.75, 3.05) is 0 Å². The van der Waals surface area contributed by atoms with Gasteiger partial charge >= 0.3 is 0 Å². The first-order valence-electron chi connectivity index (χ1n) is 5.39. The van der Waals surface area contributed by atoms with Crippen LogP contribution in [0.3, 0.4) is 0 Å². The van der Waals surface area contributed by atoms with Crippen molar-refractivity contribution in [1.29, 1.82) is 0 Å². The smallest absolute Gasteiger partial charge is 0.159 e. The summed E-state index contributed by atoms with van der Waals surface area (Å²) < 4.78 is 1.97. The van der Waals surface area contributed by atoms with Crippen molar-refractivity contribution in [3.63, 3.8) is 0 Å². The number of aliphatic hydroxyl groups excluding tert-OH is 1. The largest absolute Gasteiger partial charge is 0.388 e. The van der Waals surface area contributed by atoms with E-state index in [9.17, 15) is 5.11 Å². The van der Waals surface area contributed by atoms with Gasteiger partial charge in [0.15, 0.2) is 5.82 Å². The van der Waals surface area contributed by atoms with Gasteiger partial charge in [0.05, 0.1) is 6.04 Å². The lowest BCUT2D eigenvalue weighted by atomic mass is 10.1. The number of hydrogen-bond donors (Lipinski definition) is 1. The Balaban J connectivity index is 2.33. The Labute approximate surface area is 98.6 Å². The van der Waals surface area contributed by atoms with Crippen molar-refractivity contribution in [3.05, 3.63) is 34.5 Å². The Hall–Kier alpha value is -1.20. The minimum atomic E-state index is -0.0639. The number of aromatic nitrogens is 3. The predicted octanol–water partition coefficient (Wildman–Crippen LogP) is 2.22. The van der Waals surface area contributed by atoms with Crippen LogP contribution in [0.25, 0.3) is 0 Å². The molecule has 0 radical (unpaired) electrons. The Morgan fingerprint density at radius 3 is 3.06 bits per heavy atom.